The second-order valence-corrected chi connectivity index (χ2v) is 7.70. The predicted molar refractivity (Wildman–Crippen MR) is 120 cm³/mol. The highest BCUT2D eigenvalue weighted by atomic mass is 19.4. The maximum absolute atomic E-state index is 12.7. The lowest BCUT2D eigenvalue weighted by Gasteiger charge is -2.19. The SMILES string of the molecule is COC(=O)[C@H](Cc1ccc(C(=O)c2ccccc2)cc1)NC(=O)[C@H](O)c1ccc(C(F)(F)F)cc1. The molecule has 0 saturated carbocycles. The number of esters is 1. The van der Waals surface area contributed by atoms with Gasteiger partial charge in [0.2, 0.25) is 0 Å². The maximum atomic E-state index is 12.7. The van der Waals surface area contributed by atoms with Crippen molar-refractivity contribution in [3.8, 4) is 0 Å². The molecule has 0 aromatic heterocycles. The van der Waals surface area contributed by atoms with E-state index in [1.54, 1.807) is 54.6 Å². The molecule has 3 rings (SSSR count). The van der Waals surface area contributed by atoms with Gasteiger partial charge in [-0.2, -0.15) is 13.2 Å². The number of alkyl halides is 3. The predicted octanol–water partition coefficient (Wildman–Crippen LogP) is 3.87. The van der Waals surface area contributed by atoms with Crippen molar-refractivity contribution < 1.29 is 37.4 Å². The minimum atomic E-state index is -4.55. The Balaban J connectivity index is 1.69. The Morgan fingerprint density at radius 1 is 0.886 bits per heavy atom. The van der Waals surface area contributed by atoms with Crippen LogP contribution in [0.25, 0.3) is 0 Å². The fourth-order valence-corrected chi connectivity index (χ4v) is 3.38. The molecule has 0 saturated heterocycles. The van der Waals surface area contributed by atoms with Crippen LogP contribution in [0.3, 0.4) is 0 Å². The number of carbonyl (C=O) groups excluding carboxylic acids is 3. The van der Waals surface area contributed by atoms with Crippen LogP contribution in [0.2, 0.25) is 0 Å². The summed E-state index contributed by atoms with van der Waals surface area (Å²) in [7, 11) is 1.13. The van der Waals surface area contributed by atoms with Gasteiger partial charge in [0.1, 0.15) is 6.04 Å². The van der Waals surface area contributed by atoms with Gasteiger partial charge in [0.15, 0.2) is 11.9 Å². The monoisotopic (exact) mass is 485 g/mol. The summed E-state index contributed by atoms with van der Waals surface area (Å²) < 4.78 is 42.9. The van der Waals surface area contributed by atoms with Crippen LogP contribution in [0.5, 0.6) is 0 Å². The summed E-state index contributed by atoms with van der Waals surface area (Å²) in [5.74, 6) is -1.92. The Hall–Kier alpha value is -3.98. The van der Waals surface area contributed by atoms with Crippen LogP contribution >= 0.6 is 0 Å². The van der Waals surface area contributed by atoms with Crippen molar-refractivity contribution in [1.82, 2.24) is 5.32 Å². The zero-order valence-corrected chi connectivity index (χ0v) is 18.6. The van der Waals surface area contributed by atoms with Crippen LogP contribution in [0.1, 0.15) is 38.7 Å². The fourth-order valence-electron chi connectivity index (χ4n) is 3.38. The third-order valence-electron chi connectivity index (χ3n) is 5.30. The molecule has 6 nitrogen and oxygen atoms in total. The van der Waals surface area contributed by atoms with E-state index >= 15 is 0 Å². The number of aliphatic hydroxyl groups is 1. The van der Waals surface area contributed by atoms with Gasteiger partial charge in [-0.1, -0.05) is 66.7 Å². The van der Waals surface area contributed by atoms with Crippen LogP contribution < -0.4 is 5.32 Å². The Morgan fingerprint density at radius 2 is 1.46 bits per heavy atom. The van der Waals surface area contributed by atoms with Gasteiger partial charge < -0.3 is 15.2 Å². The first kappa shape index (κ1) is 25.6. The van der Waals surface area contributed by atoms with E-state index in [2.05, 4.69) is 5.32 Å². The molecule has 0 unspecified atom stereocenters. The van der Waals surface area contributed by atoms with Crippen LogP contribution in [0.15, 0.2) is 78.9 Å². The van der Waals surface area contributed by atoms with E-state index in [0.29, 0.717) is 16.7 Å². The van der Waals surface area contributed by atoms with Crippen molar-refractivity contribution in [2.45, 2.75) is 24.7 Å². The number of hydrogen-bond acceptors (Lipinski definition) is 5. The van der Waals surface area contributed by atoms with Gasteiger partial charge in [0.05, 0.1) is 12.7 Å². The van der Waals surface area contributed by atoms with Gasteiger partial charge in [0, 0.05) is 17.5 Å². The van der Waals surface area contributed by atoms with E-state index < -0.39 is 35.8 Å². The molecule has 182 valence electrons. The quantitative estimate of drug-likeness (QED) is 0.373. The summed E-state index contributed by atoms with van der Waals surface area (Å²) in [6, 6.07) is 17.5. The maximum Gasteiger partial charge on any atom is 0.416 e. The Labute approximate surface area is 199 Å². The lowest BCUT2D eigenvalue weighted by Crippen LogP contribution is -2.45. The molecule has 0 aliphatic carbocycles. The van der Waals surface area contributed by atoms with Crippen molar-refractivity contribution >= 4 is 17.7 Å². The van der Waals surface area contributed by atoms with Crippen molar-refractivity contribution in [2.75, 3.05) is 7.11 Å². The minimum absolute atomic E-state index is 0.00203. The summed E-state index contributed by atoms with van der Waals surface area (Å²) >= 11 is 0. The summed E-state index contributed by atoms with van der Waals surface area (Å²) in [4.78, 5) is 37.3. The van der Waals surface area contributed by atoms with E-state index in [9.17, 15) is 32.7 Å². The third-order valence-corrected chi connectivity index (χ3v) is 5.30. The molecular formula is C26H22F3NO5. The van der Waals surface area contributed by atoms with Gasteiger partial charge in [-0.3, -0.25) is 9.59 Å². The highest BCUT2D eigenvalue weighted by Gasteiger charge is 2.31. The molecule has 2 N–H and O–H groups in total. The van der Waals surface area contributed by atoms with Crippen molar-refractivity contribution in [3.63, 3.8) is 0 Å². The van der Waals surface area contributed by atoms with Gasteiger partial charge >= 0.3 is 12.1 Å². The number of carbonyl (C=O) groups is 3. The topological polar surface area (TPSA) is 92.7 Å². The number of ether oxygens (including phenoxy) is 1. The zero-order valence-electron chi connectivity index (χ0n) is 18.6. The summed E-state index contributed by atoms with van der Waals surface area (Å²) in [6.45, 7) is 0. The fraction of sp³-hybridized carbons (Fsp3) is 0.192. The molecule has 35 heavy (non-hydrogen) atoms. The highest BCUT2D eigenvalue weighted by Crippen LogP contribution is 2.30. The molecule has 0 radical (unpaired) electrons. The van der Waals surface area contributed by atoms with E-state index in [1.807, 2.05) is 0 Å². The van der Waals surface area contributed by atoms with E-state index in [-0.39, 0.29) is 17.8 Å². The van der Waals surface area contributed by atoms with Gasteiger partial charge in [0.25, 0.3) is 5.91 Å². The number of benzene rings is 3. The lowest BCUT2D eigenvalue weighted by atomic mass is 9.99. The van der Waals surface area contributed by atoms with Gasteiger partial charge in [-0.25, -0.2) is 4.79 Å². The van der Waals surface area contributed by atoms with Crippen molar-refractivity contribution in [3.05, 3.63) is 107 Å². The molecule has 3 aromatic rings. The number of ketones is 1. The number of amides is 1. The van der Waals surface area contributed by atoms with Crippen LogP contribution in [-0.4, -0.2) is 35.9 Å². The molecular weight excluding hydrogens is 463 g/mol. The van der Waals surface area contributed by atoms with Crippen molar-refractivity contribution in [2.24, 2.45) is 0 Å². The number of methoxy groups -OCH3 is 1. The number of aliphatic hydroxyl groups excluding tert-OH is 1. The zero-order chi connectivity index (χ0) is 25.6. The molecule has 2 atom stereocenters. The van der Waals surface area contributed by atoms with Crippen molar-refractivity contribution in [1.29, 1.82) is 0 Å². The number of hydrogen-bond donors (Lipinski definition) is 2. The summed E-state index contributed by atoms with van der Waals surface area (Å²) in [5.41, 5.74) is 0.584. The molecule has 0 spiro atoms. The molecule has 1 amide bonds. The van der Waals surface area contributed by atoms with Crippen LogP contribution in [0.4, 0.5) is 13.2 Å². The number of nitrogens with one attached hydrogen (secondary N) is 1. The van der Waals surface area contributed by atoms with Gasteiger partial charge in [-0.15, -0.1) is 0 Å². The first-order chi connectivity index (χ1) is 16.6. The molecule has 0 heterocycles. The number of rotatable bonds is 8. The van der Waals surface area contributed by atoms with Gasteiger partial charge in [-0.05, 0) is 23.3 Å². The van der Waals surface area contributed by atoms with Crippen LogP contribution in [0, 0.1) is 0 Å². The third kappa shape index (κ3) is 6.54. The lowest BCUT2D eigenvalue weighted by molar-refractivity contribution is -0.146. The molecule has 0 aliphatic rings. The second-order valence-electron chi connectivity index (χ2n) is 7.70. The molecule has 0 aliphatic heterocycles. The Bertz CT molecular complexity index is 1180. The Morgan fingerprint density at radius 3 is 2.00 bits per heavy atom. The first-order valence-electron chi connectivity index (χ1n) is 10.5. The highest BCUT2D eigenvalue weighted by molar-refractivity contribution is 6.08. The average molecular weight is 485 g/mol. The molecule has 9 heteroatoms. The summed E-state index contributed by atoms with van der Waals surface area (Å²) in [5, 5.41) is 12.6. The smallest absolute Gasteiger partial charge is 0.416 e. The molecule has 0 fully saturated rings. The minimum Gasteiger partial charge on any atom is -0.467 e. The number of halogens is 3. The van der Waals surface area contributed by atoms with E-state index in [1.165, 1.54) is 0 Å². The van der Waals surface area contributed by atoms with E-state index in [0.717, 1.165) is 31.4 Å². The normalized spacial score (nSPS) is 12.9. The largest absolute Gasteiger partial charge is 0.467 e. The summed E-state index contributed by atoms with van der Waals surface area (Å²) in [6.07, 6.45) is -6.35. The molecule has 3 aromatic carbocycles. The molecule has 0 bridgehead atoms. The second kappa shape index (κ2) is 11.0. The Kier molecular flexibility index (Phi) is 8.03. The van der Waals surface area contributed by atoms with E-state index in [4.69, 9.17) is 4.74 Å². The average Bonchev–Trinajstić information content (AvgIpc) is 2.87. The standard InChI is InChI=1S/C26H22F3NO5/c1-35-25(34)21(30-24(33)23(32)19-11-13-20(14-12-19)26(27,28)29)15-16-7-9-18(10-8-16)22(31)17-5-3-2-4-6-17/h2-14,21,23,32H,15H2,1H3,(H,30,33)/t21-,23+/m0/s1. The first-order valence-corrected chi connectivity index (χ1v) is 10.5. The van der Waals surface area contributed by atoms with Crippen LogP contribution in [-0.2, 0) is 26.9 Å².